The van der Waals surface area contributed by atoms with Crippen LogP contribution >= 0.6 is 38.8 Å². The number of carbonyl (C=O) groups is 1. The van der Waals surface area contributed by atoms with Crippen LogP contribution in [0.25, 0.3) is 0 Å². The van der Waals surface area contributed by atoms with Gasteiger partial charge in [0.1, 0.15) is 5.82 Å². The maximum atomic E-state index is 11.7. The zero-order chi connectivity index (χ0) is 10.8. The molecule has 0 fully saturated rings. The lowest BCUT2D eigenvalue weighted by Gasteiger charge is -1.98. The molecule has 0 saturated carbocycles. The molecule has 0 bridgehead atoms. The van der Waals surface area contributed by atoms with Crippen molar-refractivity contribution in [2.24, 2.45) is 0 Å². The number of carbonyl (C=O) groups excluding carboxylic acids is 1. The second-order valence-corrected chi connectivity index (χ2v) is 5.69. The smallest absolute Gasteiger partial charge is 0.259 e. The summed E-state index contributed by atoms with van der Waals surface area (Å²) in [7, 11) is 0. The summed E-state index contributed by atoms with van der Waals surface area (Å²) < 4.78 is 4.80. The zero-order valence-corrected chi connectivity index (χ0v) is 10.9. The lowest BCUT2D eigenvalue weighted by molar-refractivity contribution is 0.102. The third-order valence-corrected chi connectivity index (χ3v) is 4.02. The monoisotopic (exact) mass is 303 g/mol. The molecule has 4 nitrogen and oxygen atoms in total. The molecule has 0 atom stereocenters. The van der Waals surface area contributed by atoms with Gasteiger partial charge in [0.25, 0.3) is 5.91 Å². The molecule has 0 saturated heterocycles. The lowest BCUT2D eigenvalue weighted by atomic mass is 10.3. The molecule has 1 amide bonds. The highest BCUT2D eigenvalue weighted by Gasteiger charge is 2.12. The molecule has 0 aliphatic heterocycles. The molecule has 2 aromatic heterocycles. The summed E-state index contributed by atoms with van der Waals surface area (Å²) in [5.74, 6) is 0.499. The van der Waals surface area contributed by atoms with E-state index >= 15 is 0 Å². The molecule has 7 heteroatoms. The van der Waals surface area contributed by atoms with E-state index in [1.165, 1.54) is 22.9 Å². The molecule has 0 aliphatic rings. The Morgan fingerprint density at radius 2 is 2.40 bits per heavy atom. The zero-order valence-electron chi connectivity index (χ0n) is 7.65. The average molecular weight is 304 g/mol. The number of halogens is 1. The van der Waals surface area contributed by atoms with Crippen molar-refractivity contribution in [1.29, 1.82) is 0 Å². The number of aromatic nitrogens is 2. The van der Waals surface area contributed by atoms with E-state index in [2.05, 4.69) is 30.6 Å². The van der Waals surface area contributed by atoms with Gasteiger partial charge in [-0.2, -0.15) is 4.37 Å². The standard InChI is InChI=1S/C8H6BrN3OS2/c1-4-10-8(15-12-4)11-7(13)5-2-3-14-6(5)9/h2-3H,1H3,(H,10,11,12,13). The van der Waals surface area contributed by atoms with E-state index in [0.717, 1.165) is 3.79 Å². The summed E-state index contributed by atoms with van der Waals surface area (Å²) >= 11 is 5.96. The molecule has 0 aromatic carbocycles. The van der Waals surface area contributed by atoms with E-state index < -0.39 is 0 Å². The first kappa shape index (κ1) is 10.7. The Balaban J connectivity index is 2.14. The minimum atomic E-state index is -0.167. The van der Waals surface area contributed by atoms with E-state index in [1.54, 1.807) is 13.0 Å². The van der Waals surface area contributed by atoms with Crippen molar-refractivity contribution < 1.29 is 4.79 Å². The van der Waals surface area contributed by atoms with E-state index in [-0.39, 0.29) is 5.91 Å². The molecule has 2 aromatic rings. The third kappa shape index (κ3) is 2.42. The molecular formula is C8H6BrN3OS2. The predicted octanol–water partition coefficient (Wildman–Crippen LogP) is 2.92. The topological polar surface area (TPSA) is 54.9 Å². The minimum Gasteiger partial charge on any atom is -0.297 e. The SMILES string of the molecule is Cc1nsc(NC(=O)c2ccsc2Br)n1. The third-order valence-electron chi connectivity index (χ3n) is 1.61. The van der Waals surface area contributed by atoms with Crippen LogP contribution in [-0.2, 0) is 0 Å². The van der Waals surface area contributed by atoms with E-state index in [1.807, 2.05) is 5.38 Å². The van der Waals surface area contributed by atoms with Crippen molar-refractivity contribution in [3.05, 3.63) is 26.6 Å². The van der Waals surface area contributed by atoms with Gasteiger partial charge in [-0.3, -0.25) is 10.1 Å². The van der Waals surface area contributed by atoms with Gasteiger partial charge in [0.15, 0.2) is 0 Å². The van der Waals surface area contributed by atoms with Gasteiger partial charge in [-0.1, -0.05) is 0 Å². The van der Waals surface area contributed by atoms with Crippen molar-refractivity contribution in [1.82, 2.24) is 9.36 Å². The fraction of sp³-hybridized carbons (Fsp3) is 0.125. The molecule has 78 valence electrons. The number of nitrogens with zero attached hydrogens (tertiary/aromatic N) is 2. The summed E-state index contributed by atoms with van der Waals surface area (Å²) in [5.41, 5.74) is 0.618. The number of anilines is 1. The maximum absolute atomic E-state index is 11.7. The minimum absolute atomic E-state index is 0.167. The Kier molecular flexibility index (Phi) is 3.13. The quantitative estimate of drug-likeness (QED) is 0.928. The Morgan fingerprint density at radius 1 is 1.60 bits per heavy atom. The van der Waals surface area contributed by atoms with Gasteiger partial charge in [0, 0.05) is 11.5 Å². The summed E-state index contributed by atoms with van der Waals surface area (Å²) in [6.07, 6.45) is 0. The van der Waals surface area contributed by atoms with Crippen LogP contribution in [0.4, 0.5) is 5.13 Å². The first-order chi connectivity index (χ1) is 7.16. The van der Waals surface area contributed by atoms with Crippen LogP contribution in [0.15, 0.2) is 15.2 Å². The van der Waals surface area contributed by atoms with Crippen molar-refractivity contribution in [2.75, 3.05) is 5.32 Å². The molecular weight excluding hydrogens is 298 g/mol. The molecule has 0 radical (unpaired) electrons. The number of aryl methyl sites for hydroxylation is 1. The molecule has 1 N–H and O–H groups in total. The largest absolute Gasteiger partial charge is 0.297 e. The van der Waals surface area contributed by atoms with Crippen molar-refractivity contribution >= 4 is 49.8 Å². The highest BCUT2D eigenvalue weighted by Crippen LogP contribution is 2.24. The fourth-order valence-corrected chi connectivity index (χ4v) is 2.79. The van der Waals surface area contributed by atoms with Crippen LogP contribution in [0.2, 0.25) is 0 Å². The second-order valence-electron chi connectivity index (χ2n) is 2.71. The molecule has 2 heterocycles. The highest BCUT2D eigenvalue weighted by atomic mass is 79.9. The summed E-state index contributed by atoms with van der Waals surface area (Å²) in [6.45, 7) is 1.78. The Labute approximate surface area is 103 Å². The van der Waals surface area contributed by atoms with Gasteiger partial charge < -0.3 is 0 Å². The van der Waals surface area contributed by atoms with Crippen molar-refractivity contribution in [3.8, 4) is 0 Å². The first-order valence-electron chi connectivity index (χ1n) is 4.01. The summed E-state index contributed by atoms with van der Waals surface area (Å²) in [4.78, 5) is 15.8. The van der Waals surface area contributed by atoms with Gasteiger partial charge in [-0.05, 0) is 34.3 Å². The fourth-order valence-electron chi connectivity index (χ4n) is 0.968. The summed E-state index contributed by atoms with van der Waals surface area (Å²) in [5, 5.41) is 5.06. The molecule has 0 aliphatic carbocycles. The van der Waals surface area contributed by atoms with Gasteiger partial charge in [0.05, 0.1) is 9.35 Å². The van der Waals surface area contributed by atoms with Crippen molar-refractivity contribution in [2.45, 2.75) is 6.92 Å². The number of nitrogens with one attached hydrogen (secondary N) is 1. The van der Waals surface area contributed by atoms with Crippen LogP contribution in [0, 0.1) is 6.92 Å². The number of hydrogen-bond donors (Lipinski definition) is 1. The Bertz CT molecular complexity index is 494. The van der Waals surface area contributed by atoms with Gasteiger partial charge in [-0.25, -0.2) is 4.98 Å². The summed E-state index contributed by atoms with van der Waals surface area (Å²) in [6, 6.07) is 1.76. The van der Waals surface area contributed by atoms with E-state index in [9.17, 15) is 4.79 Å². The molecule has 2 rings (SSSR count). The van der Waals surface area contributed by atoms with Crippen LogP contribution in [0.3, 0.4) is 0 Å². The first-order valence-corrected chi connectivity index (χ1v) is 6.46. The van der Waals surface area contributed by atoms with E-state index in [0.29, 0.717) is 16.5 Å². The maximum Gasteiger partial charge on any atom is 0.259 e. The number of thiophene rings is 1. The highest BCUT2D eigenvalue weighted by molar-refractivity contribution is 9.11. The van der Waals surface area contributed by atoms with Crippen LogP contribution in [-0.4, -0.2) is 15.3 Å². The van der Waals surface area contributed by atoms with Crippen LogP contribution in [0.1, 0.15) is 16.2 Å². The Morgan fingerprint density at radius 3 is 2.93 bits per heavy atom. The van der Waals surface area contributed by atoms with Gasteiger partial charge in [-0.15, -0.1) is 11.3 Å². The van der Waals surface area contributed by atoms with Gasteiger partial charge in [0.2, 0.25) is 5.13 Å². The Hall–Kier alpha value is -0.790. The molecule has 0 spiro atoms. The number of rotatable bonds is 2. The lowest BCUT2D eigenvalue weighted by Crippen LogP contribution is -2.11. The number of amides is 1. The second kappa shape index (κ2) is 4.38. The molecule has 0 unspecified atom stereocenters. The van der Waals surface area contributed by atoms with Crippen LogP contribution < -0.4 is 5.32 Å². The normalized spacial score (nSPS) is 10.3. The van der Waals surface area contributed by atoms with Crippen LogP contribution in [0.5, 0.6) is 0 Å². The number of hydrogen-bond acceptors (Lipinski definition) is 5. The predicted molar refractivity (Wildman–Crippen MR) is 64.6 cm³/mol. The van der Waals surface area contributed by atoms with Crippen molar-refractivity contribution in [3.63, 3.8) is 0 Å². The molecule has 15 heavy (non-hydrogen) atoms. The van der Waals surface area contributed by atoms with E-state index in [4.69, 9.17) is 0 Å². The average Bonchev–Trinajstić information content (AvgIpc) is 2.75. The van der Waals surface area contributed by atoms with Gasteiger partial charge >= 0.3 is 0 Å².